The number of anilines is 1. The summed E-state index contributed by atoms with van der Waals surface area (Å²) in [6.45, 7) is -0.312. The van der Waals surface area contributed by atoms with Gasteiger partial charge in [-0.25, -0.2) is 4.79 Å². The molecule has 0 saturated heterocycles. The summed E-state index contributed by atoms with van der Waals surface area (Å²) in [5.74, 6) is -1.02. The Balaban J connectivity index is 1.17. The molecule has 5 rings (SSSR count). The van der Waals surface area contributed by atoms with Crippen LogP contribution < -0.4 is 16.0 Å². The van der Waals surface area contributed by atoms with Crippen molar-refractivity contribution < 1.29 is 24.2 Å². The molecule has 1 aliphatic carbocycles. The van der Waals surface area contributed by atoms with E-state index in [1.165, 1.54) is 0 Å². The summed E-state index contributed by atoms with van der Waals surface area (Å²) in [6, 6.07) is 31.3. The van der Waals surface area contributed by atoms with Gasteiger partial charge in [0.2, 0.25) is 11.8 Å². The maximum atomic E-state index is 13.1. The lowest BCUT2D eigenvalue weighted by Crippen LogP contribution is -2.48. The third-order valence-electron chi connectivity index (χ3n) is 7.08. The Kier molecular flexibility index (Phi) is 8.71. The van der Waals surface area contributed by atoms with E-state index in [0.717, 1.165) is 33.4 Å². The van der Waals surface area contributed by atoms with Gasteiger partial charge in [-0.05, 0) is 45.5 Å². The van der Waals surface area contributed by atoms with Crippen LogP contribution in [0.1, 0.15) is 28.2 Å². The maximum Gasteiger partial charge on any atom is 0.407 e. The summed E-state index contributed by atoms with van der Waals surface area (Å²) in [5, 5.41) is 17.3. The fraction of sp³-hybridized carbons (Fsp3) is 0.182. The van der Waals surface area contributed by atoms with Crippen LogP contribution in [0.4, 0.5) is 10.5 Å². The van der Waals surface area contributed by atoms with Gasteiger partial charge in [0.1, 0.15) is 19.2 Å². The van der Waals surface area contributed by atoms with E-state index in [4.69, 9.17) is 4.74 Å². The lowest BCUT2D eigenvalue weighted by molar-refractivity contribution is -0.125. The number of fused-ring (bicyclic) bond motifs is 3. The normalized spacial score (nSPS) is 12.5. The van der Waals surface area contributed by atoms with Gasteiger partial charge in [-0.2, -0.15) is 0 Å². The second-order valence-electron chi connectivity index (χ2n) is 9.83. The number of benzene rings is 4. The number of hydrogen-bond acceptors (Lipinski definition) is 5. The quantitative estimate of drug-likeness (QED) is 0.234. The Hall–Kier alpha value is -4.95. The first-order valence-corrected chi connectivity index (χ1v) is 13.4. The minimum Gasteiger partial charge on any atom is -0.449 e. The number of aliphatic hydroxyl groups excluding tert-OH is 1. The van der Waals surface area contributed by atoms with E-state index in [1.807, 2.05) is 66.7 Å². The summed E-state index contributed by atoms with van der Waals surface area (Å²) in [7, 11) is 0. The average Bonchev–Trinajstić information content (AvgIpc) is 3.33. The number of amides is 3. The first-order valence-electron chi connectivity index (χ1n) is 13.4. The van der Waals surface area contributed by atoms with Crippen LogP contribution in [0.2, 0.25) is 0 Å². The Labute approximate surface area is 238 Å². The van der Waals surface area contributed by atoms with Crippen molar-refractivity contribution in [1.82, 2.24) is 10.6 Å². The molecule has 3 amide bonds. The maximum absolute atomic E-state index is 13.1. The first kappa shape index (κ1) is 27.6. The SMILES string of the molecule is O=C(CNC(=O)OCC1c2ccccc2-c2ccccc21)NC(Cc1ccccc1)C(=O)Nc1ccc(CO)cc1. The Morgan fingerprint density at radius 1 is 0.756 bits per heavy atom. The molecule has 208 valence electrons. The Bertz CT molecular complexity index is 1480. The number of rotatable bonds is 10. The van der Waals surface area contributed by atoms with Gasteiger partial charge in [0, 0.05) is 18.0 Å². The highest BCUT2D eigenvalue weighted by molar-refractivity contribution is 5.97. The lowest BCUT2D eigenvalue weighted by atomic mass is 9.98. The predicted octanol–water partition coefficient (Wildman–Crippen LogP) is 4.38. The van der Waals surface area contributed by atoms with Crippen molar-refractivity contribution in [2.45, 2.75) is 25.0 Å². The van der Waals surface area contributed by atoms with Crippen molar-refractivity contribution in [1.29, 1.82) is 0 Å². The zero-order valence-electron chi connectivity index (χ0n) is 22.4. The van der Waals surface area contributed by atoms with Gasteiger partial charge in [0.05, 0.1) is 6.61 Å². The van der Waals surface area contributed by atoms with Gasteiger partial charge in [-0.3, -0.25) is 9.59 Å². The van der Waals surface area contributed by atoms with Gasteiger partial charge >= 0.3 is 6.09 Å². The minimum atomic E-state index is -0.883. The molecule has 4 aromatic carbocycles. The number of alkyl carbamates (subject to hydrolysis) is 1. The first-order chi connectivity index (χ1) is 20.0. The summed E-state index contributed by atoms with van der Waals surface area (Å²) >= 11 is 0. The van der Waals surface area contributed by atoms with Gasteiger partial charge in [0.25, 0.3) is 0 Å². The van der Waals surface area contributed by atoms with Gasteiger partial charge in [-0.15, -0.1) is 0 Å². The number of carbonyl (C=O) groups is 3. The zero-order chi connectivity index (χ0) is 28.6. The van der Waals surface area contributed by atoms with E-state index in [2.05, 4.69) is 28.1 Å². The van der Waals surface area contributed by atoms with E-state index >= 15 is 0 Å². The third kappa shape index (κ3) is 6.80. The van der Waals surface area contributed by atoms with Crippen LogP contribution in [-0.4, -0.2) is 42.2 Å². The molecular formula is C33H31N3O5. The molecule has 8 heteroatoms. The van der Waals surface area contributed by atoms with E-state index in [9.17, 15) is 19.5 Å². The molecule has 0 saturated carbocycles. The zero-order valence-corrected chi connectivity index (χ0v) is 22.4. The molecule has 8 nitrogen and oxygen atoms in total. The van der Waals surface area contributed by atoms with Crippen LogP contribution in [0.15, 0.2) is 103 Å². The molecule has 41 heavy (non-hydrogen) atoms. The number of hydrogen-bond donors (Lipinski definition) is 4. The molecule has 4 aromatic rings. The minimum absolute atomic E-state index is 0.0904. The van der Waals surface area contributed by atoms with Crippen LogP contribution >= 0.6 is 0 Å². The molecule has 4 N–H and O–H groups in total. The molecule has 0 aromatic heterocycles. The number of nitrogens with one attached hydrogen (secondary N) is 3. The van der Waals surface area contributed by atoms with E-state index < -0.39 is 23.9 Å². The molecule has 0 aliphatic heterocycles. The smallest absolute Gasteiger partial charge is 0.407 e. The second kappa shape index (κ2) is 12.9. The summed E-state index contributed by atoms with van der Waals surface area (Å²) in [5.41, 5.74) is 6.58. The molecule has 1 unspecified atom stereocenters. The number of aliphatic hydroxyl groups is 1. The number of carbonyl (C=O) groups excluding carboxylic acids is 3. The van der Waals surface area contributed by atoms with Crippen molar-refractivity contribution in [2.24, 2.45) is 0 Å². The van der Waals surface area contributed by atoms with E-state index in [-0.39, 0.29) is 32.1 Å². The van der Waals surface area contributed by atoms with Crippen molar-refractivity contribution >= 4 is 23.6 Å². The Morgan fingerprint density at radius 3 is 2.00 bits per heavy atom. The average molecular weight is 550 g/mol. The molecule has 0 fully saturated rings. The molecular weight excluding hydrogens is 518 g/mol. The highest BCUT2D eigenvalue weighted by Gasteiger charge is 2.29. The molecule has 0 bridgehead atoms. The summed E-state index contributed by atoms with van der Waals surface area (Å²) in [6.07, 6.45) is -0.451. The van der Waals surface area contributed by atoms with E-state index in [0.29, 0.717) is 5.69 Å². The fourth-order valence-corrected chi connectivity index (χ4v) is 5.03. The number of ether oxygens (including phenoxy) is 1. The monoisotopic (exact) mass is 549 g/mol. The summed E-state index contributed by atoms with van der Waals surface area (Å²) in [4.78, 5) is 38.4. The molecule has 1 atom stereocenters. The highest BCUT2D eigenvalue weighted by atomic mass is 16.5. The van der Waals surface area contributed by atoms with E-state index in [1.54, 1.807) is 24.3 Å². The van der Waals surface area contributed by atoms with Gasteiger partial charge in [-0.1, -0.05) is 91.0 Å². The molecule has 0 heterocycles. The largest absolute Gasteiger partial charge is 0.449 e. The lowest BCUT2D eigenvalue weighted by Gasteiger charge is -2.19. The van der Waals surface area contributed by atoms with Crippen LogP contribution in [0, 0.1) is 0 Å². The molecule has 0 spiro atoms. The molecule has 0 radical (unpaired) electrons. The highest BCUT2D eigenvalue weighted by Crippen LogP contribution is 2.44. The van der Waals surface area contributed by atoms with Gasteiger partial charge in [0.15, 0.2) is 0 Å². The van der Waals surface area contributed by atoms with Crippen molar-refractivity contribution in [2.75, 3.05) is 18.5 Å². The predicted molar refractivity (Wildman–Crippen MR) is 156 cm³/mol. The third-order valence-corrected chi connectivity index (χ3v) is 7.08. The Morgan fingerprint density at radius 2 is 1.37 bits per heavy atom. The van der Waals surface area contributed by atoms with Gasteiger partial charge < -0.3 is 25.8 Å². The van der Waals surface area contributed by atoms with Crippen molar-refractivity contribution in [3.8, 4) is 11.1 Å². The van der Waals surface area contributed by atoms with Crippen LogP contribution in [0.25, 0.3) is 11.1 Å². The second-order valence-corrected chi connectivity index (χ2v) is 9.83. The standard InChI is InChI=1S/C33H31N3O5/c37-20-23-14-16-24(17-15-23)35-32(39)30(18-22-8-2-1-3-9-22)36-31(38)19-34-33(40)41-21-29-27-12-6-4-10-25(27)26-11-5-7-13-28(26)29/h1-17,29-30,37H,18-21H2,(H,34,40)(H,35,39)(H,36,38). The van der Waals surface area contributed by atoms with Crippen LogP contribution in [0.3, 0.4) is 0 Å². The topological polar surface area (TPSA) is 117 Å². The fourth-order valence-electron chi connectivity index (χ4n) is 5.03. The van der Waals surface area contributed by atoms with Crippen molar-refractivity contribution in [3.63, 3.8) is 0 Å². The summed E-state index contributed by atoms with van der Waals surface area (Å²) < 4.78 is 5.51. The molecule has 1 aliphatic rings. The van der Waals surface area contributed by atoms with Crippen LogP contribution in [0.5, 0.6) is 0 Å². The van der Waals surface area contributed by atoms with Crippen molar-refractivity contribution in [3.05, 3.63) is 125 Å². The van der Waals surface area contributed by atoms with Crippen LogP contribution in [-0.2, 0) is 27.4 Å².